The van der Waals surface area contributed by atoms with Crippen LogP contribution in [0, 0.1) is 0 Å². The molecule has 4 N–H and O–H groups in total. The molecule has 0 spiro atoms. The molecule has 0 aliphatic heterocycles. The zero-order valence-corrected chi connectivity index (χ0v) is 9.59. The quantitative estimate of drug-likeness (QED) is 0.735. The number of nitrogen functional groups attached to an aromatic ring is 1. The first-order chi connectivity index (χ1) is 8.75. The number of carbonyl (C=O) groups excluding carboxylic acids is 1. The normalized spacial score (nSPS) is 10.0. The number of aromatic nitrogens is 2. The first kappa shape index (κ1) is 11.9. The van der Waals surface area contributed by atoms with Crippen LogP contribution in [0.2, 0.25) is 0 Å². The van der Waals surface area contributed by atoms with Crippen molar-refractivity contribution in [2.75, 3.05) is 5.73 Å². The molecule has 2 aromatic heterocycles. The maximum Gasteiger partial charge on any atom is 0.315 e. The van der Waals surface area contributed by atoms with Gasteiger partial charge in [0.2, 0.25) is 0 Å². The molecule has 0 atom stereocenters. The molecular weight excluding hydrogens is 234 g/mol. The van der Waals surface area contributed by atoms with Crippen LogP contribution in [0.1, 0.15) is 11.3 Å². The lowest BCUT2D eigenvalue weighted by molar-refractivity contribution is 0.239. The molecule has 2 rings (SSSR count). The Kier molecular flexibility index (Phi) is 3.75. The molecule has 2 aromatic rings. The lowest BCUT2D eigenvalue weighted by Gasteiger charge is -2.07. The summed E-state index contributed by atoms with van der Waals surface area (Å²) >= 11 is 0. The number of nitrogens with zero attached hydrogens (tertiary/aromatic N) is 2. The number of carbonyl (C=O) groups is 1. The fourth-order valence-corrected chi connectivity index (χ4v) is 1.32. The summed E-state index contributed by atoms with van der Waals surface area (Å²) in [6.07, 6.45) is 4.47. The number of furan rings is 1. The largest absolute Gasteiger partial charge is 0.467 e. The Hall–Kier alpha value is -2.57. The third-order valence-corrected chi connectivity index (χ3v) is 2.27. The van der Waals surface area contributed by atoms with Crippen molar-refractivity contribution >= 4 is 11.8 Å². The third kappa shape index (κ3) is 3.21. The SMILES string of the molecule is Nc1ncncc1CNC(=O)NCc1ccco1. The molecule has 0 aliphatic rings. The van der Waals surface area contributed by atoms with Gasteiger partial charge >= 0.3 is 6.03 Å². The number of nitrogens with one attached hydrogen (secondary N) is 2. The van der Waals surface area contributed by atoms with Crippen LogP contribution in [-0.4, -0.2) is 16.0 Å². The molecule has 94 valence electrons. The van der Waals surface area contributed by atoms with Crippen molar-refractivity contribution in [2.45, 2.75) is 13.1 Å². The standard InChI is InChI=1S/C11H13N5O2/c12-10-8(4-13-7-16-10)5-14-11(17)15-6-9-2-1-3-18-9/h1-4,7H,5-6H2,(H2,12,13,16)(H2,14,15,17). The number of nitrogens with two attached hydrogens (primary N) is 1. The van der Waals surface area contributed by atoms with E-state index in [4.69, 9.17) is 10.2 Å². The molecule has 0 radical (unpaired) electrons. The van der Waals surface area contributed by atoms with Crippen LogP contribution in [0.15, 0.2) is 35.3 Å². The lowest BCUT2D eigenvalue weighted by atomic mass is 10.3. The second-order valence-corrected chi connectivity index (χ2v) is 3.55. The number of amides is 2. The second-order valence-electron chi connectivity index (χ2n) is 3.55. The van der Waals surface area contributed by atoms with Crippen LogP contribution in [0.3, 0.4) is 0 Å². The van der Waals surface area contributed by atoms with Crippen molar-refractivity contribution in [2.24, 2.45) is 0 Å². The Morgan fingerprint density at radius 3 is 2.94 bits per heavy atom. The topological polar surface area (TPSA) is 106 Å². The number of urea groups is 1. The van der Waals surface area contributed by atoms with Gasteiger partial charge in [0.25, 0.3) is 0 Å². The van der Waals surface area contributed by atoms with Crippen LogP contribution < -0.4 is 16.4 Å². The number of anilines is 1. The summed E-state index contributed by atoms with van der Waals surface area (Å²) in [6, 6.07) is 3.23. The number of hydrogen-bond acceptors (Lipinski definition) is 5. The molecule has 0 saturated carbocycles. The van der Waals surface area contributed by atoms with Crippen LogP contribution >= 0.6 is 0 Å². The van der Waals surface area contributed by atoms with Crippen molar-refractivity contribution in [3.8, 4) is 0 Å². The highest BCUT2D eigenvalue weighted by Crippen LogP contribution is 2.03. The molecule has 0 bridgehead atoms. The van der Waals surface area contributed by atoms with Crippen molar-refractivity contribution in [1.82, 2.24) is 20.6 Å². The fraction of sp³-hybridized carbons (Fsp3) is 0.182. The minimum absolute atomic E-state index is 0.274. The summed E-state index contributed by atoms with van der Waals surface area (Å²) in [5.74, 6) is 1.05. The Morgan fingerprint density at radius 2 is 2.22 bits per heavy atom. The molecule has 0 saturated heterocycles. The van der Waals surface area contributed by atoms with Crippen LogP contribution in [0.25, 0.3) is 0 Å². The Balaban J connectivity index is 1.77. The molecule has 0 aromatic carbocycles. The van der Waals surface area contributed by atoms with E-state index in [-0.39, 0.29) is 12.6 Å². The molecule has 0 aliphatic carbocycles. The molecule has 2 amide bonds. The van der Waals surface area contributed by atoms with E-state index in [0.29, 0.717) is 23.7 Å². The smallest absolute Gasteiger partial charge is 0.315 e. The molecule has 2 heterocycles. The van der Waals surface area contributed by atoms with Crippen LogP contribution in [-0.2, 0) is 13.1 Å². The van der Waals surface area contributed by atoms with Crippen molar-refractivity contribution < 1.29 is 9.21 Å². The summed E-state index contributed by atoms with van der Waals surface area (Å²) in [5.41, 5.74) is 6.29. The first-order valence-electron chi connectivity index (χ1n) is 5.34. The molecule has 0 unspecified atom stereocenters. The minimum atomic E-state index is -0.311. The van der Waals surface area contributed by atoms with Crippen LogP contribution in [0.5, 0.6) is 0 Å². The number of rotatable bonds is 4. The monoisotopic (exact) mass is 247 g/mol. The Bertz CT molecular complexity index is 512. The predicted octanol–water partition coefficient (Wildman–Crippen LogP) is 0.651. The molecule has 0 fully saturated rings. The van der Waals surface area contributed by atoms with E-state index < -0.39 is 0 Å². The van der Waals surface area contributed by atoms with Crippen molar-refractivity contribution in [3.05, 3.63) is 42.2 Å². The van der Waals surface area contributed by atoms with Gasteiger partial charge in [0.15, 0.2) is 0 Å². The van der Waals surface area contributed by atoms with Gasteiger partial charge in [0.05, 0.1) is 12.8 Å². The van der Waals surface area contributed by atoms with Gasteiger partial charge in [-0.2, -0.15) is 0 Å². The van der Waals surface area contributed by atoms with Gasteiger partial charge < -0.3 is 20.8 Å². The van der Waals surface area contributed by atoms with E-state index in [1.165, 1.54) is 6.33 Å². The summed E-state index contributed by atoms with van der Waals surface area (Å²) in [4.78, 5) is 19.1. The Labute approximate surface area is 103 Å². The van der Waals surface area contributed by atoms with E-state index in [1.54, 1.807) is 24.6 Å². The lowest BCUT2D eigenvalue weighted by Crippen LogP contribution is -2.34. The van der Waals surface area contributed by atoms with E-state index in [1.807, 2.05) is 0 Å². The van der Waals surface area contributed by atoms with Gasteiger partial charge in [0, 0.05) is 18.3 Å². The molecule has 7 nitrogen and oxygen atoms in total. The van der Waals surface area contributed by atoms with Gasteiger partial charge in [0.1, 0.15) is 17.9 Å². The zero-order valence-electron chi connectivity index (χ0n) is 9.59. The fourth-order valence-electron chi connectivity index (χ4n) is 1.32. The highest BCUT2D eigenvalue weighted by atomic mass is 16.3. The van der Waals surface area contributed by atoms with Crippen molar-refractivity contribution in [1.29, 1.82) is 0 Å². The summed E-state index contributed by atoms with van der Waals surface area (Å²) in [6.45, 7) is 0.607. The number of hydrogen-bond donors (Lipinski definition) is 3. The highest BCUT2D eigenvalue weighted by molar-refractivity contribution is 5.73. The Morgan fingerprint density at radius 1 is 1.39 bits per heavy atom. The molecule has 7 heteroatoms. The average molecular weight is 247 g/mol. The summed E-state index contributed by atoms with van der Waals surface area (Å²) in [5, 5.41) is 5.30. The average Bonchev–Trinajstić information content (AvgIpc) is 2.88. The van der Waals surface area contributed by atoms with Gasteiger partial charge in [-0.3, -0.25) is 0 Å². The maximum absolute atomic E-state index is 11.5. The van der Waals surface area contributed by atoms with Crippen molar-refractivity contribution in [3.63, 3.8) is 0 Å². The van der Waals surface area contributed by atoms with E-state index >= 15 is 0 Å². The second kappa shape index (κ2) is 5.67. The van der Waals surface area contributed by atoms with E-state index in [0.717, 1.165) is 0 Å². The van der Waals surface area contributed by atoms with Gasteiger partial charge in [-0.15, -0.1) is 0 Å². The van der Waals surface area contributed by atoms with E-state index in [2.05, 4.69) is 20.6 Å². The van der Waals surface area contributed by atoms with Gasteiger partial charge in [-0.1, -0.05) is 0 Å². The van der Waals surface area contributed by atoms with Crippen LogP contribution in [0.4, 0.5) is 10.6 Å². The molecule has 18 heavy (non-hydrogen) atoms. The highest BCUT2D eigenvalue weighted by Gasteiger charge is 2.04. The predicted molar refractivity (Wildman–Crippen MR) is 64.2 cm³/mol. The van der Waals surface area contributed by atoms with Gasteiger partial charge in [-0.25, -0.2) is 14.8 Å². The zero-order chi connectivity index (χ0) is 12.8. The van der Waals surface area contributed by atoms with Gasteiger partial charge in [-0.05, 0) is 12.1 Å². The molecular formula is C11H13N5O2. The first-order valence-corrected chi connectivity index (χ1v) is 5.34. The third-order valence-electron chi connectivity index (χ3n) is 2.27. The van der Waals surface area contributed by atoms with E-state index in [9.17, 15) is 4.79 Å². The minimum Gasteiger partial charge on any atom is -0.467 e. The maximum atomic E-state index is 11.5. The summed E-state index contributed by atoms with van der Waals surface area (Å²) < 4.78 is 5.08. The summed E-state index contributed by atoms with van der Waals surface area (Å²) in [7, 11) is 0.